The van der Waals surface area contributed by atoms with Crippen LogP contribution in [0.3, 0.4) is 0 Å². The van der Waals surface area contributed by atoms with E-state index in [1.165, 1.54) is 0 Å². The molecule has 3 aliphatic heterocycles. The van der Waals surface area contributed by atoms with Crippen LogP contribution in [0.1, 0.15) is 19.0 Å². The number of oxime groups is 1. The molecule has 1 aromatic heterocycles. The Balaban J connectivity index is 1.62. The third-order valence-electron chi connectivity index (χ3n) is 5.56. The summed E-state index contributed by atoms with van der Waals surface area (Å²) in [5.41, 5.74) is 2.39. The molecule has 0 aromatic carbocycles. The van der Waals surface area contributed by atoms with Crippen molar-refractivity contribution in [1.29, 1.82) is 0 Å². The predicted molar refractivity (Wildman–Crippen MR) is 116 cm³/mol. The second-order valence-electron chi connectivity index (χ2n) is 7.67. The molecule has 3 saturated heterocycles. The number of rotatable bonds is 7. The van der Waals surface area contributed by atoms with Gasteiger partial charge in [0.25, 0.3) is 17.5 Å². The summed E-state index contributed by atoms with van der Waals surface area (Å²) < 4.78 is 17.8. The first-order valence-electron chi connectivity index (χ1n) is 9.73. The van der Waals surface area contributed by atoms with Gasteiger partial charge < -0.3 is 30.8 Å². The monoisotopic (exact) mass is 549 g/mol. The van der Waals surface area contributed by atoms with Crippen molar-refractivity contribution in [3.63, 3.8) is 0 Å². The van der Waals surface area contributed by atoms with E-state index in [-0.39, 0.29) is 27.3 Å². The molecular weight excluding hydrogens is 534 g/mol. The predicted octanol–water partition coefficient (Wildman–Crippen LogP) is -1.67. The molecule has 6 atom stereocenters. The molecule has 188 valence electrons. The van der Waals surface area contributed by atoms with Gasteiger partial charge in [0, 0.05) is 16.6 Å². The van der Waals surface area contributed by atoms with E-state index >= 15 is 0 Å². The van der Waals surface area contributed by atoms with Crippen molar-refractivity contribution in [3.8, 4) is 0 Å². The SMILES string of the molecule is C[C@@H](O/N=C(\C(=O)N[C@@H]1C(=O)N2[C@@H]1[S@](=O)C[C@@H]1CC(=O)O[C@@]12C(=O)O)c1nc(N)sc1Cl)C(=O)O. The Morgan fingerprint density at radius 2 is 2.11 bits per heavy atom. The molecule has 0 spiro atoms. The molecule has 0 saturated carbocycles. The zero-order valence-corrected chi connectivity index (χ0v) is 19.9. The standard InChI is InChI=1S/C17H16ClN5O10S2/c1-4(14(27)28)33-22-8(7-10(18)34-16(19)21-7)11(25)20-9-12(26)23-13(9)35(31)3-5-2-6(24)32-17(5,23)15(29)30/h4-5,9,13H,2-3H2,1H3,(H2,19,21)(H,20,25)(H,27,28)(H,29,30)/b22-8-/t4-,5+,9-,13-,17-,35-/m1/s1. The van der Waals surface area contributed by atoms with Gasteiger partial charge in [0.1, 0.15) is 21.4 Å². The molecule has 2 amide bonds. The third kappa shape index (κ3) is 3.88. The Hall–Kier alpha value is -3.31. The van der Waals surface area contributed by atoms with Gasteiger partial charge in [0.15, 0.2) is 10.8 Å². The summed E-state index contributed by atoms with van der Waals surface area (Å²) in [6.07, 6.45) is -1.80. The lowest BCUT2D eigenvalue weighted by molar-refractivity contribution is -0.216. The number of nitrogens with two attached hydrogens (primary N) is 1. The number of thiazole rings is 1. The van der Waals surface area contributed by atoms with Crippen LogP contribution in [0.15, 0.2) is 5.16 Å². The minimum absolute atomic E-state index is 0.0476. The van der Waals surface area contributed by atoms with Crippen LogP contribution in [-0.4, -0.2) is 88.7 Å². The van der Waals surface area contributed by atoms with Crippen LogP contribution in [0.25, 0.3) is 0 Å². The molecule has 15 nitrogen and oxygen atoms in total. The number of halogens is 1. The highest BCUT2D eigenvalue weighted by Gasteiger charge is 2.73. The number of carbonyl (C=O) groups is 5. The maximum atomic E-state index is 13.0. The zero-order valence-electron chi connectivity index (χ0n) is 17.5. The molecular formula is C17H16ClN5O10S2. The number of anilines is 1. The Morgan fingerprint density at radius 3 is 2.69 bits per heavy atom. The second-order valence-corrected chi connectivity index (χ2v) is 10.9. The molecule has 18 heteroatoms. The normalized spacial score (nSPS) is 30.5. The van der Waals surface area contributed by atoms with Gasteiger partial charge in [-0.05, 0) is 6.92 Å². The lowest BCUT2D eigenvalue weighted by Crippen LogP contribution is -2.83. The van der Waals surface area contributed by atoms with Gasteiger partial charge in [-0.1, -0.05) is 28.1 Å². The van der Waals surface area contributed by atoms with Crippen LogP contribution in [0, 0.1) is 5.92 Å². The number of esters is 1. The Kier molecular flexibility index (Phi) is 6.18. The number of ether oxygens (including phenoxy) is 1. The van der Waals surface area contributed by atoms with E-state index in [9.17, 15) is 33.3 Å². The van der Waals surface area contributed by atoms with Crippen LogP contribution in [0.4, 0.5) is 5.13 Å². The molecule has 1 aromatic rings. The average Bonchev–Trinajstić information content (AvgIpc) is 3.28. The fourth-order valence-electron chi connectivity index (χ4n) is 3.94. The fraction of sp³-hybridized carbons (Fsp3) is 0.471. The van der Waals surface area contributed by atoms with Crippen LogP contribution < -0.4 is 11.1 Å². The summed E-state index contributed by atoms with van der Waals surface area (Å²) >= 11 is 6.83. The van der Waals surface area contributed by atoms with Crippen LogP contribution >= 0.6 is 22.9 Å². The number of hydrogen-bond acceptors (Lipinski definition) is 12. The van der Waals surface area contributed by atoms with Crippen molar-refractivity contribution in [3.05, 3.63) is 10.0 Å². The van der Waals surface area contributed by atoms with Crippen molar-refractivity contribution < 1.29 is 48.0 Å². The van der Waals surface area contributed by atoms with E-state index in [2.05, 4.69) is 15.5 Å². The number of aliphatic carboxylic acids is 2. The Bertz CT molecular complexity index is 1220. The quantitative estimate of drug-likeness (QED) is 0.129. The number of nitrogen functional groups attached to an aromatic ring is 1. The molecule has 35 heavy (non-hydrogen) atoms. The topological polar surface area (TPSA) is 228 Å². The van der Waals surface area contributed by atoms with Gasteiger partial charge >= 0.3 is 17.9 Å². The first-order chi connectivity index (χ1) is 16.4. The highest BCUT2D eigenvalue weighted by molar-refractivity contribution is 7.85. The molecule has 4 rings (SSSR count). The smallest absolute Gasteiger partial charge is 0.370 e. The molecule has 0 unspecified atom stereocenters. The number of β-lactam (4-membered cyclic amide) rings is 1. The van der Waals surface area contributed by atoms with Crippen LogP contribution in [0.5, 0.6) is 0 Å². The highest BCUT2D eigenvalue weighted by atomic mass is 35.5. The molecule has 3 fully saturated rings. The molecule has 0 bridgehead atoms. The molecule has 5 N–H and O–H groups in total. The number of carbonyl (C=O) groups excluding carboxylic acids is 3. The number of fused-ring (bicyclic) bond motifs is 3. The Labute approximate surface area is 206 Å². The van der Waals surface area contributed by atoms with Gasteiger partial charge in [-0.25, -0.2) is 14.6 Å². The third-order valence-corrected chi connectivity index (χ3v) is 8.39. The summed E-state index contributed by atoms with van der Waals surface area (Å²) in [6, 6.07) is -1.48. The average molecular weight is 550 g/mol. The van der Waals surface area contributed by atoms with Crippen molar-refractivity contribution in [1.82, 2.24) is 15.2 Å². The van der Waals surface area contributed by atoms with Gasteiger partial charge in [-0.2, -0.15) is 0 Å². The van der Waals surface area contributed by atoms with E-state index in [0.717, 1.165) is 18.3 Å². The number of carboxylic acid groups (broad SMARTS) is 2. The number of carboxylic acids is 2. The highest BCUT2D eigenvalue weighted by Crippen LogP contribution is 2.47. The fourth-order valence-corrected chi connectivity index (χ4v) is 6.78. The summed E-state index contributed by atoms with van der Waals surface area (Å²) in [4.78, 5) is 70.2. The number of nitrogens with one attached hydrogen (secondary N) is 1. The summed E-state index contributed by atoms with van der Waals surface area (Å²) in [6.45, 7) is 1.14. The van der Waals surface area contributed by atoms with Gasteiger partial charge in [-0.3, -0.25) is 23.5 Å². The van der Waals surface area contributed by atoms with E-state index in [4.69, 9.17) is 32.0 Å². The summed E-state index contributed by atoms with van der Waals surface area (Å²) in [5.74, 6) is -7.19. The number of aromatic nitrogens is 1. The maximum absolute atomic E-state index is 13.0. The van der Waals surface area contributed by atoms with Gasteiger partial charge in [-0.15, -0.1) is 0 Å². The van der Waals surface area contributed by atoms with Crippen molar-refractivity contribution in [2.75, 3.05) is 11.5 Å². The van der Waals surface area contributed by atoms with Gasteiger partial charge in [0.05, 0.1) is 12.3 Å². The van der Waals surface area contributed by atoms with Crippen molar-refractivity contribution in [2.24, 2.45) is 11.1 Å². The molecule has 4 heterocycles. The molecule has 0 radical (unpaired) electrons. The molecule has 3 aliphatic rings. The minimum atomic E-state index is -2.32. The summed E-state index contributed by atoms with van der Waals surface area (Å²) in [5, 5.41) is 23.2. The van der Waals surface area contributed by atoms with E-state index in [1.807, 2.05) is 0 Å². The van der Waals surface area contributed by atoms with Crippen LogP contribution in [-0.2, 0) is 44.3 Å². The Morgan fingerprint density at radius 1 is 1.43 bits per heavy atom. The number of hydrogen-bond donors (Lipinski definition) is 4. The second kappa shape index (κ2) is 8.72. The van der Waals surface area contributed by atoms with Crippen molar-refractivity contribution >= 4 is 74.3 Å². The lowest BCUT2D eigenvalue weighted by atomic mass is 9.89. The zero-order chi connectivity index (χ0) is 25.8. The first-order valence-corrected chi connectivity index (χ1v) is 12.3. The van der Waals surface area contributed by atoms with Gasteiger partial charge in [0.2, 0.25) is 6.10 Å². The van der Waals surface area contributed by atoms with E-state index < -0.39 is 75.4 Å². The van der Waals surface area contributed by atoms with E-state index in [1.54, 1.807) is 0 Å². The first kappa shape index (κ1) is 24.8. The maximum Gasteiger partial charge on any atom is 0.370 e. The van der Waals surface area contributed by atoms with Crippen LogP contribution in [0.2, 0.25) is 4.34 Å². The molecule has 0 aliphatic carbocycles. The lowest BCUT2D eigenvalue weighted by Gasteiger charge is -2.56. The summed E-state index contributed by atoms with van der Waals surface area (Å²) in [7, 11) is -1.85. The van der Waals surface area contributed by atoms with E-state index in [0.29, 0.717) is 4.90 Å². The number of nitrogens with zero attached hydrogens (tertiary/aromatic N) is 3. The largest absolute Gasteiger partial charge is 0.478 e. The number of amides is 2. The van der Waals surface area contributed by atoms with Crippen molar-refractivity contribution in [2.45, 2.75) is 36.6 Å². The minimum Gasteiger partial charge on any atom is -0.478 e.